The number of benzene rings is 2. The first-order valence-electron chi connectivity index (χ1n) is 9.40. The Labute approximate surface area is 186 Å². The van der Waals surface area contributed by atoms with Crippen molar-refractivity contribution in [2.75, 3.05) is 0 Å². The van der Waals surface area contributed by atoms with Gasteiger partial charge in [0.05, 0.1) is 16.3 Å². The summed E-state index contributed by atoms with van der Waals surface area (Å²) in [6.07, 6.45) is 1.40. The van der Waals surface area contributed by atoms with Gasteiger partial charge in [-0.2, -0.15) is 5.26 Å². The third-order valence-corrected chi connectivity index (χ3v) is 4.95. The molecule has 4 rings (SSSR count). The van der Waals surface area contributed by atoms with Gasteiger partial charge in [0.15, 0.2) is 5.69 Å². The van der Waals surface area contributed by atoms with Crippen LogP contribution in [0, 0.1) is 23.0 Å². The van der Waals surface area contributed by atoms with Crippen LogP contribution in [0.3, 0.4) is 0 Å². The number of imidazole rings is 1. The van der Waals surface area contributed by atoms with Crippen molar-refractivity contribution in [3.05, 3.63) is 94.4 Å². The molecule has 0 fully saturated rings. The fraction of sp³-hybridized carbons (Fsp3) is 0.0435. The first-order valence-corrected chi connectivity index (χ1v) is 9.77. The molecule has 0 spiro atoms. The van der Waals surface area contributed by atoms with Gasteiger partial charge in [-0.1, -0.05) is 29.8 Å². The average molecular weight is 450 g/mol. The topological polar surface area (TPSA) is 94.5 Å². The SMILES string of the molecule is N#Cc1nc(-c2c(F)cccc2Cl)[nH]c1-c1ccc(C(=O)NCc2cccc(F)c2)nc1. The lowest BCUT2D eigenvalue weighted by Crippen LogP contribution is -2.23. The van der Waals surface area contributed by atoms with E-state index in [1.165, 1.54) is 42.6 Å². The molecule has 2 aromatic heterocycles. The number of nitrogens with one attached hydrogen (secondary N) is 2. The third kappa shape index (κ3) is 4.33. The number of carbonyl (C=O) groups is 1. The summed E-state index contributed by atoms with van der Waals surface area (Å²) in [5, 5.41) is 12.3. The van der Waals surface area contributed by atoms with Crippen molar-refractivity contribution in [1.82, 2.24) is 20.3 Å². The van der Waals surface area contributed by atoms with Gasteiger partial charge in [-0.15, -0.1) is 0 Å². The van der Waals surface area contributed by atoms with Crippen LogP contribution < -0.4 is 5.32 Å². The van der Waals surface area contributed by atoms with Gasteiger partial charge in [0.2, 0.25) is 0 Å². The van der Waals surface area contributed by atoms with Crippen LogP contribution in [-0.4, -0.2) is 20.9 Å². The Hall–Kier alpha value is -4.09. The smallest absolute Gasteiger partial charge is 0.270 e. The van der Waals surface area contributed by atoms with E-state index in [1.54, 1.807) is 18.2 Å². The van der Waals surface area contributed by atoms with E-state index in [1.807, 2.05) is 6.07 Å². The van der Waals surface area contributed by atoms with Gasteiger partial charge in [-0.3, -0.25) is 9.78 Å². The first kappa shape index (κ1) is 21.2. The van der Waals surface area contributed by atoms with Crippen LogP contribution in [0.15, 0.2) is 60.8 Å². The number of nitriles is 1. The number of halogens is 3. The summed E-state index contributed by atoms with van der Waals surface area (Å²) in [6, 6.07) is 15.2. The molecule has 158 valence electrons. The van der Waals surface area contributed by atoms with Crippen molar-refractivity contribution in [1.29, 1.82) is 5.26 Å². The van der Waals surface area contributed by atoms with E-state index in [9.17, 15) is 18.8 Å². The normalized spacial score (nSPS) is 10.6. The fourth-order valence-electron chi connectivity index (χ4n) is 3.10. The molecule has 2 aromatic carbocycles. The molecule has 0 radical (unpaired) electrons. The molecule has 6 nitrogen and oxygen atoms in total. The highest BCUT2D eigenvalue weighted by Gasteiger charge is 2.18. The summed E-state index contributed by atoms with van der Waals surface area (Å²) in [4.78, 5) is 23.5. The lowest BCUT2D eigenvalue weighted by molar-refractivity contribution is 0.0946. The van der Waals surface area contributed by atoms with Gasteiger partial charge in [-0.25, -0.2) is 13.8 Å². The maximum absolute atomic E-state index is 14.2. The van der Waals surface area contributed by atoms with Crippen LogP contribution in [0.25, 0.3) is 22.6 Å². The molecule has 2 heterocycles. The number of amides is 1. The summed E-state index contributed by atoms with van der Waals surface area (Å²) in [5.41, 5.74) is 1.64. The van der Waals surface area contributed by atoms with Crippen LogP contribution in [0.2, 0.25) is 5.02 Å². The molecule has 4 aromatic rings. The molecule has 0 saturated heterocycles. The monoisotopic (exact) mass is 449 g/mol. The van der Waals surface area contributed by atoms with Crippen LogP contribution in [0.5, 0.6) is 0 Å². The second-order valence-electron chi connectivity index (χ2n) is 6.76. The minimum absolute atomic E-state index is 0.0319. The second-order valence-corrected chi connectivity index (χ2v) is 7.17. The first-order chi connectivity index (χ1) is 15.5. The van der Waals surface area contributed by atoms with Gasteiger partial charge >= 0.3 is 0 Å². The number of aromatic nitrogens is 3. The van der Waals surface area contributed by atoms with Crippen molar-refractivity contribution in [2.45, 2.75) is 6.54 Å². The van der Waals surface area contributed by atoms with Crippen molar-refractivity contribution in [2.24, 2.45) is 0 Å². The second kappa shape index (κ2) is 8.96. The predicted octanol–water partition coefficient (Wildman–Crippen LogP) is 4.87. The summed E-state index contributed by atoms with van der Waals surface area (Å²) >= 11 is 6.09. The maximum atomic E-state index is 14.2. The molecule has 0 atom stereocenters. The molecule has 0 aliphatic carbocycles. The fourth-order valence-corrected chi connectivity index (χ4v) is 3.35. The van der Waals surface area contributed by atoms with Crippen LogP contribution in [-0.2, 0) is 6.54 Å². The molecule has 9 heteroatoms. The van der Waals surface area contributed by atoms with Gasteiger partial charge in [0.1, 0.15) is 29.2 Å². The Kier molecular flexibility index (Phi) is 5.92. The molecule has 1 amide bonds. The zero-order chi connectivity index (χ0) is 22.7. The lowest BCUT2D eigenvalue weighted by atomic mass is 10.1. The van der Waals surface area contributed by atoms with Crippen LogP contribution >= 0.6 is 11.6 Å². The summed E-state index contributed by atoms with van der Waals surface area (Å²) < 4.78 is 27.5. The number of H-pyrrole nitrogens is 1. The molecule has 2 N–H and O–H groups in total. The number of carbonyl (C=O) groups excluding carboxylic acids is 1. The highest BCUT2D eigenvalue weighted by Crippen LogP contribution is 2.31. The van der Waals surface area contributed by atoms with E-state index < -0.39 is 11.7 Å². The van der Waals surface area contributed by atoms with E-state index in [-0.39, 0.29) is 40.2 Å². The lowest BCUT2D eigenvalue weighted by Gasteiger charge is -2.06. The highest BCUT2D eigenvalue weighted by atomic mass is 35.5. The Morgan fingerprint density at radius 1 is 1.16 bits per heavy atom. The highest BCUT2D eigenvalue weighted by molar-refractivity contribution is 6.33. The third-order valence-electron chi connectivity index (χ3n) is 4.64. The van der Waals surface area contributed by atoms with E-state index in [4.69, 9.17) is 11.6 Å². The molecule has 0 saturated carbocycles. The molecule has 0 unspecified atom stereocenters. The predicted molar refractivity (Wildman–Crippen MR) is 115 cm³/mol. The van der Waals surface area contributed by atoms with Crippen molar-refractivity contribution in [3.63, 3.8) is 0 Å². The number of hydrogen-bond donors (Lipinski definition) is 2. The summed E-state index contributed by atoms with van der Waals surface area (Å²) in [6.45, 7) is 0.145. The summed E-state index contributed by atoms with van der Waals surface area (Å²) in [7, 11) is 0. The van der Waals surface area contributed by atoms with E-state index >= 15 is 0 Å². The molecule has 0 bridgehead atoms. The Balaban J connectivity index is 1.56. The quantitative estimate of drug-likeness (QED) is 0.454. The Bertz CT molecular complexity index is 1330. The van der Waals surface area contributed by atoms with Gasteiger partial charge in [0.25, 0.3) is 5.91 Å². The van der Waals surface area contributed by atoms with Crippen molar-refractivity contribution in [3.8, 4) is 28.7 Å². The van der Waals surface area contributed by atoms with Crippen molar-refractivity contribution < 1.29 is 13.6 Å². The molecule has 0 aliphatic rings. The zero-order valence-corrected chi connectivity index (χ0v) is 17.1. The summed E-state index contributed by atoms with van der Waals surface area (Å²) in [5.74, 6) is -1.30. The number of pyridine rings is 1. The van der Waals surface area contributed by atoms with Crippen LogP contribution in [0.1, 0.15) is 21.7 Å². The Morgan fingerprint density at radius 3 is 2.66 bits per heavy atom. The van der Waals surface area contributed by atoms with Gasteiger partial charge < -0.3 is 10.3 Å². The number of aromatic amines is 1. The Morgan fingerprint density at radius 2 is 1.97 bits per heavy atom. The molecular formula is C23H14ClF2N5O. The van der Waals surface area contributed by atoms with Gasteiger partial charge in [0, 0.05) is 18.3 Å². The number of nitrogens with zero attached hydrogens (tertiary/aromatic N) is 3. The van der Waals surface area contributed by atoms with Gasteiger partial charge in [-0.05, 0) is 42.0 Å². The minimum Gasteiger partial charge on any atom is -0.347 e. The number of rotatable bonds is 5. The minimum atomic E-state index is -0.578. The average Bonchev–Trinajstić information content (AvgIpc) is 3.21. The molecular weight excluding hydrogens is 436 g/mol. The van der Waals surface area contributed by atoms with Crippen LogP contribution in [0.4, 0.5) is 8.78 Å². The molecule has 32 heavy (non-hydrogen) atoms. The van der Waals surface area contributed by atoms with E-state index in [0.717, 1.165) is 0 Å². The van der Waals surface area contributed by atoms with E-state index in [0.29, 0.717) is 16.8 Å². The van der Waals surface area contributed by atoms with Crippen molar-refractivity contribution >= 4 is 17.5 Å². The standard InChI is InChI=1S/C23H14ClF2N5O/c24-16-5-2-6-17(26)20(16)22-30-19(10-27)21(31-22)14-7-8-18(28-12-14)23(32)29-11-13-3-1-4-15(25)9-13/h1-9,12H,11H2,(H,29,32)(H,30,31). The number of hydrogen-bond acceptors (Lipinski definition) is 4. The molecule has 0 aliphatic heterocycles. The largest absolute Gasteiger partial charge is 0.347 e. The maximum Gasteiger partial charge on any atom is 0.270 e. The zero-order valence-electron chi connectivity index (χ0n) is 16.4. The van der Waals surface area contributed by atoms with E-state index in [2.05, 4.69) is 20.3 Å².